The van der Waals surface area contributed by atoms with E-state index in [2.05, 4.69) is 6.58 Å². The summed E-state index contributed by atoms with van der Waals surface area (Å²) in [6, 6.07) is 7.55. The molecule has 1 amide bonds. The predicted molar refractivity (Wildman–Crippen MR) is 64.8 cm³/mol. The molecule has 16 heavy (non-hydrogen) atoms. The van der Waals surface area contributed by atoms with E-state index in [0.29, 0.717) is 12.1 Å². The van der Waals surface area contributed by atoms with Gasteiger partial charge in [0.25, 0.3) is 0 Å². The SMILES string of the molecule is C=C(O)c1cccc(CN(C=O)C(C)C)c1. The number of rotatable bonds is 5. The average molecular weight is 219 g/mol. The van der Waals surface area contributed by atoms with Crippen LogP contribution in [0.1, 0.15) is 25.0 Å². The summed E-state index contributed by atoms with van der Waals surface area (Å²) < 4.78 is 0. The molecule has 0 saturated carbocycles. The topological polar surface area (TPSA) is 40.5 Å². The normalized spacial score (nSPS) is 10.2. The Labute approximate surface area is 96.0 Å². The zero-order valence-corrected chi connectivity index (χ0v) is 9.68. The van der Waals surface area contributed by atoms with Gasteiger partial charge in [-0.1, -0.05) is 24.8 Å². The standard InChI is InChI=1S/C13H17NO2/c1-10(2)14(9-15)8-12-5-4-6-13(7-12)11(3)16/h4-7,9-10,16H,3,8H2,1-2H3. The van der Waals surface area contributed by atoms with Crippen molar-refractivity contribution in [3.8, 4) is 0 Å². The van der Waals surface area contributed by atoms with Gasteiger partial charge in [0.2, 0.25) is 6.41 Å². The highest BCUT2D eigenvalue weighted by Crippen LogP contribution is 2.13. The lowest BCUT2D eigenvalue weighted by Gasteiger charge is -2.21. The van der Waals surface area contributed by atoms with Gasteiger partial charge in [0.05, 0.1) is 0 Å². The van der Waals surface area contributed by atoms with Crippen LogP contribution >= 0.6 is 0 Å². The highest BCUT2D eigenvalue weighted by atomic mass is 16.3. The molecule has 1 aromatic rings. The molecule has 3 heteroatoms. The molecule has 0 aliphatic rings. The van der Waals surface area contributed by atoms with E-state index in [4.69, 9.17) is 0 Å². The first-order valence-corrected chi connectivity index (χ1v) is 5.23. The van der Waals surface area contributed by atoms with E-state index in [-0.39, 0.29) is 11.8 Å². The van der Waals surface area contributed by atoms with Gasteiger partial charge in [-0.05, 0) is 25.5 Å². The van der Waals surface area contributed by atoms with Crippen molar-refractivity contribution in [2.75, 3.05) is 0 Å². The molecule has 0 heterocycles. The summed E-state index contributed by atoms with van der Waals surface area (Å²) in [6.45, 7) is 7.94. The number of hydrogen-bond donors (Lipinski definition) is 1. The first kappa shape index (κ1) is 12.3. The Bertz CT molecular complexity index is 385. The summed E-state index contributed by atoms with van der Waals surface area (Å²) in [4.78, 5) is 12.5. The van der Waals surface area contributed by atoms with Crippen LogP contribution in [0.5, 0.6) is 0 Å². The second-order valence-corrected chi connectivity index (χ2v) is 4.02. The molecule has 0 bridgehead atoms. The Balaban J connectivity index is 2.84. The van der Waals surface area contributed by atoms with Gasteiger partial charge in [-0.15, -0.1) is 0 Å². The number of carbonyl (C=O) groups excluding carboxylic acids is 1. The Morgan fingerprint density at radius 3 is 2.75 bits per heavy atom. The van der Waals surface area contributed by atoms with E-state index in [1.807, 2.05) is 32.0 Å². The van der Waals surface area contributed by atoms with Gasteiger partial charge in [-0.2, -0.15) is 0 Å². The van der Waals surface area contributed by atoms with Gasteiger partial charge >= 0.3 is 0 Å². The number of aliphatic hydroxyl groups is 1. The maximum atomic E-state index is 10.8. The quantitative estimate of drug-likeness (QED) is 0.610. The third kappa shape index (κ3) is 3.12. The zero-order valence-electron chi connectivity index (χ0n) is 9.68. The minimum absolute atomic E-state index is 0.0454. The van der Waals surface area contributed by atoms with Gasteiger partial charge in [0.15, 0.2) is 0 Å². The summed E-state index contributed by atoms with van der Waals surface area (Å²) in [5.74, 6) is 0.0454. The lowest BCUT2D eigenvalue weighted by atomic mass is 10.1. The Morgan fingerprint density at radius 1 is 1.56 bits per heavy atom. The van der Waals surface area contributed by atoms with E-state index in [0.717, 1.165) is 12.0 Å². The fourth-order valence-corrected chi connectivity index (χ4v) is 1.40. The fraction of sp³-hybridized carbons (Fsp3) is 0.308. The van der Waals surface area contributed by atoms with Gasteiger partial charge in [-0.3, -0.25) is 4.79 Å². The lowest BCUT2D eigenvalue weighted by Crippen LogP contribution is -2.28. The van der Waals surface area contributed by atoms with E-state index in [1.165, 1.54) is 0 Å². The van der Waals surface area contributed by atoms with Crippen molar-refractivity contribution in [2.24, 2.45) is 0 Å². The van der Waals surface area contributed by atoms with Gasteiger partial charge in [-0.25, -0.2) is 0 Å². The molecule has 1 N–H and O–H groups in total. The molecule has 0 spiro atoms. The second-order valence-electron chi connectivity index (χ2n) is 4.02. The molecule has 0 atom stereocenters. The maximum Gasteiger partial charge on any atom is 0.210 e. The zero-order chi connectivity index (χ0) is 12.1. The van der Waals surface area contributed by atoms with Gasteiger partial charge < -0.3 is 10.0 Å². The van der Waals surface area contributed by atoms with Crippen LogP contribution in [0.3, 0.4) is 0 Å². The smallest absolute Gasteiger partial charge is 0.210 e. The molecule has 1 aromatic carbocycles. The minimum Gasteiger partial charge on any atom is -0.508 e. The summed E-state index contributed by atoms with van der Waals surface area (Å²) in [5, 5.41) is 9.27. The van der Waals surface area contributed by atoms with Crippen molar-refractivity contribution in [3.05, 3.63) is 42.0 Å². The van der Waals surface area contributed by atoms with E-state index < -0.39 is 0 Å². The van der Waals surface area contributed by atoms with Crippen LogP contribution in [0.25, 0.3) is 5.76 Å². The lowest BCUT2D eigenvalue weighted by molar-refractivity contribution is -0.120. The molecule has 0 unspecified atom stereocenters. The molecule has 3 nitrogen and oxygen atoms in total. The largest absolute Gasteiger partial charge is 0.508 e. The van der Waals surface area contributed by atoms with Crippen molar-refractivity contribution in [1.82, 2.24) is 4.90 Å². The molecular weight excluding hydrogens is 202 g/mol. The van der Waals surface area contributed by atoms with Crippen LogP contribution in [0, 0.1) is 0 Å². The van der Waals surface area contributed by atoms with Crippen LogP contribution in [-0.2, 0) is 11.3 Å². The molecule has 86 valence electrons. The molecule has 0 radical (unpaired) electrons. The van der Waals surface area contributed by atoms with Crippen molar-refractivity contribution in [2.45, 2.75) is 26.4 Å². The second kappa shape index (κ2) is 5.35. The highest BCUT2D eigenvalue weighted by Gasteiger charge is 2.07. The molecule has 0 fully saturated rings. The van der Waals surface area contributed by atoms with Gasteiger partial charge in [0.1, 0.15) is 5.76 Å². The Morgan fingerprint density at radius 2 is 2.25 bits per heavy atom. The maximum absolute atomic E-state index is 10.8. The Kier molecular flexibility index (Phi) is 4.11. The van der Waals surface area contributed by atoms with Crippen molar-refractivity contribution in [3.63, 3.8) is 0 Å². The monoisotopic (exact) mass is 219 g/mol. The summed E-state index contributed by atoms with van der Waals surface area (Å²) in [6.07, 6.45) is 0.838. The number of amides is 1. The van der Waals surface area contributed by atoms with Crippen molar-refractivity contribution < 1.29 is 9.90 Å². The average Bonchev–Trinajstić information content (AvgIpc) is 2.25. The highest BCUT2D eigenvalue weighted by molar-refractivity contribution is 5.57. The predicted octanol–water partition coefficient (Wildman–Crippen LogP) is 2.58. The third-order valence-corrected chi connectivity index (χ3v) is 2.42. The molecule has 1 rings (SSSR count). The van der Waals surface area contributed by atoms with E-state index in [1.54, 1.807) is 11.0 Å². The van der Waals surface area contributed by atoms with Crippen LogP contribution in [0.4, 0.5) is 0 Å². The van der Waals surface area contributed by atoms with E-state index in [9.17, 15) is 9.90 Å². The number of benzene rings is 1. The fourth-order valence-electron chi connectivity index (χ4n) is 1.40. The Hall–Kier alpha value is -1.77. The summed E-state index contributed by atoms with van der Waals surface area (Å²) >= 11 is 0. The number of carbonyl (C=O) groups is 1. The van der Waals surface area contributed by atoms with Crippen LogP contribution in [0.2, 0.25) is 0 Å². The first-order valence-electron chi connectivity index (χ1n) is 5.23. The molecule has 0 aliphatic carbocycles. The van der Waals surface area contributed by atoms with E-state index >= 15 is 0 Å². The first-order chi connectivity index (χ1) is 7.54. The van der Waals surface area contributed by atoms with Crippen molar-refractivity contribution >= 4 is 12.2 Å². The summed E-state index contributed by atoms with van der Waals surface area (Å²) in [7, 11) is 0. The van der Waals surface area contributed by atoms with Crippen LogP contribution < -0.4 is 0 Å². The molecule has 0 aliphatic heterocycles. The molecule has 0 saturated heterocycles. The number of aliphatic hydroxyl groups excluding tert-OH is 1. The molecular formula is C13H17NO2. The summed E-state index contributed by atoms with van der Waals surface area (Å²) in [5.41, 5.74) is 1.67. The number of nitrogens with zero attached hydrogens (tertiary/aromatic N) is 1. The van der Waals surface area contributed by atoms with Crippen LogP contribution in [0.15, 0.2) is 30.8 Å². The van der Waals surface area contributed by atoms with Gasteiger partial charge in [0, 0.05) is 18.2 Å². The molecule has 0 aromatic heterocycles. The minimum atomic E-state index is 0.0454. The van der Waals surface area contributed by atoms with Crippen molar-refractivity contribution in [1.29, 1.82) is 0 Å². The van der Waals surface area contributed by atoms with Crippen LogP contribution in [-0.4, -0.2) is 22.5 Å². The number of hydrogen-bond acceptors (Lipinski definition) is 2. The third-order valence-electron chi connectivity index (χ3n) is 2.42.